The average Bonchev–Trinajstić information content (AvgIpc) is 3.55. The zero-order chi connectivity index (χ0) is 25.7. The molecule has 1 atom stereocenters. The van der Waals surface area contributed by atoms with Gasteiger partial charge in [-0.15, -0.1) is 32.9 Å². The van der Waals surface area contributed by atoms with Crippen molar-refractivity contribution >= 4 is 57.2 Å². The predicted octanol–water partition coefficient (Wildman–Crippen LogP) is 4.43. The Bertz CT molecular complexity index is 1230. The molecule has 36 heavy (non-hydrogen) atoms. The molecular formula is C24H29N5O4S3. The van der Waals surface area contributed by atoms with Gasteiger partial charge in [-0.2, -0.15) is 0 Å². The van der Waals surface area contributed by atoms with Gasteiger partial charge in [-0.05, 0) is 56.5 Å². The molecular weight excluding hydrogens is 518 g/mol. The lowest BCUT2D eigenvalue weighted by Gasteiger charge is -2.12. The molecule has 2 N–H and O–H groups in total. The topological polar surface area (TPSA) is 115 Å². The molecule has 0 fully saturated rings. The van der Waals surface area contributed by atoms with Gasteiger partial charge in [0.15, 0.2) is 11.0 Å². The monoisotopic (exact) mass is 547 g/mol. The summed E-state index contributed by atoms with van der Waals surface area (Å²) >= 11 is 4.12. The van der Waals surface area contributed by atoms with Gasteiger partial charge in [0.1, 0.15) is 5.00 Å². The summed E-state index contributed by atoms with van der Waals surface area (Å²) in [5.41, 5.74) is 1.53. The number of hydrogen-bond donors (Lipinski definition) is 2. The fourth-order valence-electron chi connectivity index (χ4n) is 3.93. The molecule has 1 aliphatic rings. The molecule has 3 heterocycles. The van der Waals surface area contributed by atoms with Gasteiger partial charge in [0.2, 0.25) is 5.91 Å². The lowest BCUT2D eigenvalue weighted by Crippen LogP contribution is -2.24. The number of nitrogens with one attached hydrogen (secondary N) is 2. The summed E-state index contributed by atoms with van der Waals surface area (Å²) in [7, 11) is 1.80. The summed E-state index contributed by atoms with van der Waals surface area (Å²) in [6.07, 6.45) is 4.98. The molecule has 0 saturated carbocycles. The van der Waals surface area contributed by atoms with Crippen LogP contribution in [0.3, 0.4) is 0 Å². The van der Waals surface area contributed by atoms with Crippen LogP contribution >= 0.6 is 34.4 Å². The summed E-state index contributed by atoms with van der Waals surface area (Å²) < 4.78 is 7.08. The Kier molecular flexibility index (Phi) is 8.81. The van der Waals surface area contributed by atoms with E-state index in [4.69, 9.17) is 4.74 Å². The third-order valence-corrected chi connectivity index (χ3v) is 9.08. The van der Waals surface area contributed by atoms with Crippen molar-refractivity contribution in [2.24, 2.45) is 7.05 Å². The molecule has 0 radical (unpaired) electrons. The molecule has 1 aliphatic carbocycles. The predicted molar refractivity (Wildman–Crippen MR) is 142 cm³/mol. The first-order chi connectivity index (χ1) is 17.4. The lowest BCUT2D eigenvalue weighted by molar-refractivity contribution is -0.115. The number of thioether (sulfide) groups is 1. The molecule has 3 aromatic heterocycles. The van der Waals surface area contributed by atoms with Gasteiger partial charge < -0.3 is 19.9 Å². The van der Waals surface area contributed by atoms with Crippen LogP contribution in [0.4, 0.5) is 5.00 Å². The Balaban J connectivity index is 1.42. The van der Waals surface area contributed by atoms with Crippen molar-refractivity contribution in [1.82, 2.24) is 20.1 Å². The maximum atomic E-state index is 13.1. The number of aromatic nitrogens is 3. The second-order valence-electron chi connectivity index (χ2n) is 8.36. The first kappa shape index (κ1) is 26.4. The SMILES string of the molecule is CCOC(=O)c1c(NC(=O)[C@@H](C)Sc2nnc(CNC(=O)c3cccs3)n2C)sc2c1CCCCC2. The number of ether oxygens (including phenoxy) is 1. The minimum Gasteiger partial charge on any atom is -0.462 e. The molecule has 0 spiro atoms. The Labute approximate surface area is 222 Å². The third-order valence-electron chi connectivity index (χ3n) is 5.87. The number of hydrogen-bond acceptors (Lipinski definition) is 9. The molecule has 0 aliphatic heterocycles. The highest BCUT2D eigenvalue weighted by molar-refractivity contribution is 8.00. The van der Waals surface area contributed by atoms with Gasteiger partial charge in [-0.3, -0.25) is 9.59 Å². The van der Waals surface area contributed by atoms with Crippen LogP contribution in [0.5, 0.6) is 0 Å². The Morgan fingerprint density at radius 2 is 2.03 bits per heavy atom. The number of anilines is 1. The Morgan fingerprint density at radius 1 is 1.22 bits per heavy atom. The molecule has 12 heteroatoms. The number of esters is 1. The molecule has 0 saturated heterocycles. The maximum Gasteiger partial charge on any atom is 0.341 e. The minimum absolute atomic E-state index is 0.165. The third kappa shape index (κ3) is 5.98. The maximum absolute atomic E-state index is 13.1. The number of nitrogens with zero attached hydrogens (tertiary/aromatic N) is 3. The van der Waals surface area contributed by atoms with Crippen molar-refractivity contribution in [2.45, 2.75) is 62.9 Å². The Hall–Kier alpha value is -2.70. The largest absolute Gasteiger partial charge is 0.462 e. The summed E-state index contributed by atoms with van der Waals surface area (Å²) in [5, 5.41) is 16.7. The van der Waals surface area contributed by atoms with E-state index in [9.17, 15) is 14.4 Å². The number of rotatable bonds is 9. The van der Waals surface area contributed by atoms with E-state index in [1.807, 2.05) is 11.4 Å². The van der Waals surface area contributed by atoms with Crippen LogP contribution in [0.15, 0.2) is 22.7 Å². The molecule has 0 unspecified atom stereocenters. The van der Waals surface area contributed by atoms with Crippen molar-refractivity contribution in [3.63, 3.8) is 0 Å². The zero-order valence-electron chi connectivity index (χ0n) is 20.5. The molecule has 192 valence electrons. The quantitative estimate of drug-likeness (QED) is 0.231. The van der Waals surface area contributed by atoms with E-state index in [2.05, 4.69) is 20.8 Å². The first-order valence-corrected chi connectivity index (χ1v) is 14.5. The van der Waals surface area contributed by atoms with Crippen LogP contribution in [-0.2, 0) is 36.0 Å². The van der Waals surface area contributed by atoms with E-state index in [1.54, 1.807) is 31.5 Å². The molecule has 4 rings (SSSR count). The number of thiophene rings is 2. The highest BCUT2D eigenvalue weighted by Gasteiger charge is 2.28. The van der Waals surface area contributed by atoms with E-state index in [-0.39, 0.29) is 30.9 Å². The zero-order valence-corrected chi connectivity index (χ0v) is 22.9. The van der Waals surface area contributed by atoms with Crippen LogP contribution in [-0.4, -0.2) is 44.4 Å². The van der Waals surface area contributed by atoms with E-state index in [0.717, 1.165) is 42.5 Å². The fraction of sp³-hybridized carbons (Fsp3) is 0.458. The highest BCUT2D eigenvalue weighted by Crippen LogP contribution is 2.38. The van der Waals surface area contributed by atoms with Crippen molar-refractivity contribution in [2.75, 3.05) is 11.9 Å². The van der Waals surface area contributed by atoms with Crippen molar-refractivity contribution in [3.05, 3.63) is 44.2 Å². The van der Waals surface area contributed by atoms with E-state index >= 15 is 0 Å². The van der Waals surface area contributed by atoms with Gasteiger partial charge in [0.05, 0.1) is 28.8 Å². The second kappa shape index (κ2) is 12.0. The van der Waals surface area contributed by atoms with E-state index < -0.39 is 5.25 Å². The molecule has 0 aromatic carbocycles. The number of fused-ring (bicyclic) bond motifs is 1. The van der Waals surface area contributed by atoms with Crippen molar-refractivity contribution in [3.8, 4) is 0 Å². The summed E-state index contributed by atoms with van der Waals surface area (Å²) in [5.74, 6) is -0.184. The molecule has 9 nitrogen and oxygen atoms in total. The second-order valence-corrected chi connectivity index (χ2v) is 11.7. The van der Waals surface area contributed by atoms with Gasteiger partial charge in [0, 0.05) is 11.9 Å². The number of aryl methyl sites for hydroxylation is 1. The average molecular weight is 548 g/mol. The first-order valence-electron chi connectivity index (χ1n) is 11.9. The van der Waals surface area contributed by atoms with Crippen LogP contribution in [0.2, 0.25) is 0 Å². The molecule has 0 bridgehead atoms. The highest BCUT2D eigenvalue weighted by atomic mass is 32.2. The Morgan fingerprint density at radius 3 is 2.78 bits per heavy atom. The minimum atomic E-state index is -0.488. The van der Waals surface area contributed by atoms with Crippen molar-refractivity contribution in [1.29, 1.82) is 0 Å². The number of carbonyl (C=O) groups excluding carboxylic acids is 3. The molecule has 3 aromatic rings. The lowest BCUT2D eigenvalue weighted by atomic mass is 10.1. The van der Waals surface area contributed by atoms with Gasteiger partial charge in [-0.25, -0.2) is 4.79 Å². The van der Waals surface area contributed by atoms with Gasteiger partial charge in [-0.1, -0.05) is 24.2 Å². The van der Waals surface area contributed by atoms with Crippen molar-refractivity contribution < 1.29 is 19.1 Å². The summed E-state index contributed by atoms with van der Waals surface area (Å²) in [6.45, 7) is 4.08. The van der Waals surface area contributed by atoms with E-state index in [1.165, 1.54) is 34.4 Å². The summed E-state index contributed by atoms with van der Waals surface area (Å²) in [6, 6.07) is 3.59. The molecule has 2 amide bonds. The normalized spacial score (nSPS) is 14.0. The fourth-order valence-corrected chi connectivity index (χ4v) is 6.68. The number of carbonyl (C=O) groups is 3. The van der Waals surface area contributed by atoms with Gasteiger partial charge in [0.25, 0.3) is 5.91 Å². The van der Waals surface area contributed by atoms with Crippen LogP contribution in [0.25, 0.3) is 0 Å². The van der Waals surface area contributed by atoms with E-state index in [0.29, 0.717) is 26.4 Å². The smallest absolute Gasteiger partial charge is 0.341 e. The standard InChI is InChI=1S/C24H29N5O4S3/c1-4-33-23(32)19-15-9-6-5-7-10-16(15)36-22(19)26-20(30)14(2)35-24-28-27-18(29(24)3)13-25-21(31)17-11-8-12-34-17/h8,11-12,14H,4-7,9-10,13H2,1-3H3,(H,25,31)(H,26,30)/t14-/m1/s1. The van der Waals surface area contributed by atoms with Gasteiger partial charge >= 0.3 is 5.97 Å². The number of amides is 2. The van der Waals surface area contributed by atoms with Crippen LogP contribution in [0.1, 0.15) is 69.4 Å². The van der Waals surface area contributed by atoms with Crippen LogP contribution in [0, 0.1) is 0 Å². The summed E-state index contributed by atoms with van der Waals surface area (Å²) in [4.78, 5) is 39.9. The van der Waals surface area contributed by atoms with Crippen LogP contribution < -0.4 is 10.6 Å².